The van der Waals surface area contributed by atoms with Crippen LogP contribution in [-0.4, -0.2) is 22.3 Å². The van der Waals surface area contributed by atoms with Gasteiger partial charge in [0, 0.05) is 30.5 Å². The number of carbonyl (C=O) groups is 1. The van der Waals surface area contributed by atoms with Gasteiger partial charge in [0.25, 0.3) is 5.91 Å². The first-order valence-corrected chi connectivity index (χ1v) is 9.17. The van der Waals surface area contributed by atoms with Crippen molar-refractivity contribution in [3.05, 3.63) is 100 Å². The van der Waals surface area contributed by atoms with E-state index in [1.807, 2.05) is 30.3 Å². The lowest BCUT2D eigenvalue weighted by molar-refractivity contribution is 0.0756. The van der Waals surface area contributed by atoms with Crippen LogP contribution in [-0.2, 0) is 13.0 Å². The van der Waals surface area contributed by atoms with Crippen molar-refractivity contribution in [2.24, 2.45) is 0 Å². The predicted octanol–water partition coefficient (Wildman–Crippen LogP) is 4.70. The summed E-state index contributed by atoms with van der Waals surface area (Å²) in [5.41, 5.74) is 2.01. The van der Waals surface area contributed by atoms with E-state index in [2.05, 4.69) is 11.6 Å². The van der Waals surface area contributed by atoms with Gasteiger partial charge in [-0.05, 0) is 11.6 Å². The highest BCUT2D eigenvalue weighted by molar-refractivity contribution is 7.09. The van der Waals surface area contributed by atoms with E-state index in [-0.39, 0.29) is 18.3 Å². The van der Waals surface area contributed by atoms with Gasteiger partial charge in [-0.3, -0.25) is 4.79 Å². The van der Waals surface area contributed by atoms with Gasteiger partial charge in [-0.1, -0.05) is 54.6 Å². The molecule has 132 valence electrons. The van der Waals surface area contributed by atoms with Crippen molar-refractivity contribution in [2.45, 2.75) is 13.0 Å². The van der Waals surface area contributed by atoms with Gasteiger partial charge in [0.15, 0.2) is 0 Å². The second-order valence-electron chi connectivity index (χ2n) is 5.85. The van der Waals surface area contributed by atoms with E-state index in [4.69, 9.17) is 0 Å². The molecule has 1 amide bonds. The van der Waals surface area contributed by atoms with Crippen LogP contribution in [0, 0.1) is 5.82 Å². The summed E-state index contributed by atoms with van der Waals surface area (Å²) in [6.45, 7) is 4.21. The first kappa shape index (κ1) is 18.0. The van der Waals surface area contributed by atoms with Crippen molar-refractivity contribution in [3.8, 4) is 0 Å². The molecule has 3 rings (SSSR count). The molecule has 5 heteroatoms. The normalized spacial score (nSPS) is 10.5. The molecule has 26 heavy (non-hydrogen) atoms. The highest BCUT2D eigenvalue weighted by Crippen LogP contribution is 2.18. The average molecular weight is 366 g/mol. The van der Waals surface area contributed by atoms with Gasteiger partial charge >= 0.3 is 0 Å². The molecule has 0 aliphatic heterocycles. The Morgan fingerprint density at radius 1 is 1.15 bits per heavy atom. The van der Waals surface area contributed by atoms with Crippen molar-refractivity contribution >= 4 is 17.2 Å². The summed E-state index contributed by atoms with van der Waals surface area (Å²) in [5, 5.41) is 2.64. The third kappa shape index (κ3) is 4.43. The van der Waals surface area contributed by atoms with Crippen LogP contribution in [0.4, 0.5) is 4.39 Å². The van der Waals surface area contributed by atoms with Crippen LogP contribution >= 0.6 is 11.3 Å². The molecule has 0 bridgehead atoms. The van der Waals surface area contributed by atoms with Crippen LogP contribution in [0.1, 0.15) is 26.6 Å². The van der Waals surface area contributed by atoms with E-state index in [9.17, 15) is 9.18 Å². The molecule has 0 unspecified atom stereocenters. The Morgan fingerprint density at radius 2 is 1.88 bits per heavy atom. The molecule has 0 radical (unpaired) electrons. The average Bonchev–Trinajstić information content (AvgIpc) is 3.12. The van der Waals surface area contributed by atoms with Crippen molar-refractivity contribution in [2.75, 3.05) is 6.54 Å². The maximum absolute atomic E-state index is 13.9. The molecular weight excluding hydrogens is 347 g/mol. The number of hydrogen-bond donors (Lipinski definition) is 0. The number of nitrogens with zero attached hydrogens (tertiary/aromatic N) is 2. The maximum atomic E-state index is 13.9. The topological polar surface area (TPSA) is 33.2 Å². The second-order valence-corrected chi connectivity index (χ2v) is 6.80. The van der Waals surface area contributed by atoms with Crippen molar-refractivity contribution < 1.29 is 9.18 Å². The quantitative estimate of drug-likeness (QED) is 0.568. The molecule has 0 atom stereocenters. The van der Waals surface area contributed by atoms with Gasteiger partial charge < -0.3 is 4.90 Å². The number of carbonyl (C=O) groups excluding carboxylic acids is 1. The second kappa shape index (κ2) is 8.54. The SMILES string of the molecule is C=CCN(Cc1ccccc1F)C(=O)c1csc(Cc2ccccc2)n1. The molecule has 0 fully saturated rings. The number of amides is 1. The summed E-state index contributed by atoms with van der Waals surface area (Å²) < 4.78 is 13.9. The van der Waals surface area contributed by atoms with E-state index in [1.54, 1.807) is 34.6 Å². The maximum Gasteiger partial charge on any atom is 0.273 e. The van der Waals surface area contributed by atoms with Gasteiger partial charge in [-0.2, -0.15) is 0 Å². The van der Waals surface area contributed by atoms with E-state index >= 15 is 0 Å². The summed E-state index contributed by atoms with van der Waals surface area (Å²) in [4.78, 5) is 18.8. The molecule has 0 aliphatic rings. The van der Waals surface area contributed by atoms with Crippen molar-refractivity contribution in [1.29, 1.82) is 0 Å². The summed E-state index contributed by atoms with van der Waals surface area (Å²) in [6.07, 6.45) is 2.32. The number of benzene rings is 2. The molecule has 1 aromatic heterocycles. The third-order valence-electron chi connectivity index (χ3n) is 3.92. The largest absolute Gasteiger partial charge is 0.329 e. The third-order valence-corrected chi connectivity index (χ3v) is 4.77. The fourth-order valence-electron chi connectivity index (χ4n) is 2.63. The number of rotatable bonds is 7. The minimum atomic E-state index is -0.322. The minimum absolute atomic E-state index is 0.184. The number of aromatic nitrogens is 1. The molecule has 1 heterocycles. The Kier molecular flexibility index (Phi) is 5.92. The first-order valence-electron chi connectivity index (χ1n) is 8.29. The highest BCUT2D eigenvalue weighted by atomic mass is 32.1. The lowest BCUT2D eigenvalue weighted by atomic mass is 10.2. The number of halogens is 1. The molecule has 3 aromatic rings. The smallest absolute Gasteiger partial charge is 0.273 e. The zero-order valence-electron chi connectivity index (χ0n) is 14.3. The van der Waals surface area contributed by atoms with Crippen molar-refractivity contribution in [3.63, 3.8) is 0 Å². The lowest BCUT2D eigenvalue weighted by Gasteiger charge is -2.20. The van der Waals surface area contributed by atoms with Gasteiger partial charge in [0.1, 0.15) is 11.5 Å². The monoisotopic (exact) mass is 366 g/mol. The van der Waals surface area contributed by atoms with Crippen LogP contribution in [0.2, 0.25) is 0 Å². The summed E-state index contributed by atoms with van der Waals surface area (Å²) in [6, 6.07) is 16.5. The Bertz CT molecular complexity index is 892. The van der Waals surface area contributed by atoms with Gasteiger partial charge in [0.05, 0.1) is 5.01 Å². The van der Waals surface area contributed by atoms with Crippen LogP contribution in [0.3, 0.4) is 0 Å². The van der Waals surface area contributed by atoms with Gasteiger partial charge in [-0.15, -0.1) is 17.9 Å². The van der Waals surface area contributed by atoms with Crippen molar-refractivity contribution in [1.82, 2.24) is 9.88 Å². The fourth-order valence-corrected chi connectivity index (χ4v) is 3.43. The Labute approximate surface area is 156 Å². The van der Waals surface area contributed by atoms with E-state index in [0.717, 1.165) is 10.6 Å². The molecule has 0 spiro atoms. The van der Waals surface area contributed by atoms with Gasteiger partial charge in [0.2, 0.25) is 0 Å². The summed E-state index contributed by atoms with van der Waals surface area (Å²) >= 11 is 1.46. The number of hydrogen-bond acceptors (Lipinski definition) is 3. The minimum Gasteiger partial charge on any atom is -0.329 e. The van der Waals surface area contributed by atoms with Crippen LogP contribution in [0.25, 0.3) is 0 Å². The molecule has 0 aliphatic carbocycles. The van der Waals surface area contributed by atoms with Gasteiger partial charge in [-0.25, -0.2) is 9.37 Å². The lowest BCUT2D eigenvalue weighted by Crippen LogP contribution is -2.31. The van der Waals surface area contributed by atoms with Crippen LogP contribution < -0.4 is 0 Å². The fraction of sp³-hybridized carbons (Fsp3) is 0.143. The Balaban J connectivity index is 1.75. The van der Waals surface area contributed by atoms with E-state index in [1.165, 1.54) is 17.4 Å². The predicted molar refractivity (Wildman–Crippen MR) is 103 cm³/mol. The Morgan fingerprint density at radius 3 is 2.62 bits per heavy atom. The molecular formula is C21H19FN2OS. The summed E-state index contributed by atoms with van der Waals surface area (Å²) in [7, 11) is 0. The molecule has 2 aromatic carbocycles. The van der Waals surface area contributed by atoms with Crippen LogP contribution in [0.5, 0.6) is 0 Å². The van der Waals surface area contributed by atoms with E-state index in [0.29, 0.717) is 24.2 Å². The highest BCUT2D eigenvalue weighted by Gasteiger charge is 2.19. The summed E-state index contributed by atoms with van der Waals surface area (Å²) in [5.74, 6) is -0.541. The Hall–Kier alpha value is -2.79. The standard InChI is InChI=1S/C21H19FN2OS/c1-2-12-24(14-17-10-6-7-11-18(17)22)21(25)19-15-26-20(23-19)13-16-8-4-3-5-9-16/h2-11,15H,1,12-14H2. The molecule has 0 saturated heterocycles. The molecule has 3 nitrogen and oxygen atoms in total. The zero-order chi connectivity index (χ0) is 18.4. The zero-order valence-corrected chi connectivity index (χ0v) is 15.1. The molecule has 0 saturated carbocycles. The van der Waals surface area contributed by atoms with Crippen LogP contribution in [0.15, 0.2) is 72.6 Å². The molecule has 0 N–H and O–H groups in total. The first-order chi connectivity index (χ1) is 12.7. The van der Waals surface area contributed by atoms with E-state index < -0.39 is 0 Å². The number of thiazole rings is 1.